The molecule has 0 aliphatic carbocycles. The lowest BCUT2D eigenvalue weighted by atomic mass is 10.4. The SMILES string of the molecule is CNCCOCCOCCOCCOCCOCCOS(=O)(=O)c1ccccc1. The summed E-state index contributed by atoms with van der Waals surface area (Å²) in [6, 6.07) is 8.00. The Morgan fingerprint density at radius 2 is 1.07 bits per heavy atom. The molecular weight excluding hydrogens is 402 g/mol. The molecule has 29 heavy (non-hydrogen) atoms. The van der Waals surface area contributed by atoms with Crippen LogP contribution in [0.1, 0.15) is 0 Å². The molecule has 1 N–H and O–H groups in total. The zero-order chi connectivity index (χ0) is 21.0. The summed E-state index contributed by atoms with van der Waals surface area (Å²) >= 11 is 0. The zero-order valence-corrected chi connectivity index (χ0v) is 17.9. The fourth-order valence-corrected chi connectivity index (χ4v) is 2.93. The van der Waals surface area contributed by atoms with Crippen LogP contribution in [0.4, 0.5) is 0 Å². The van der Waals surface area contributed by atoms with E-state index < -0.39 is 10.1 Å². The zero-order valence-electron chi connectivity index (χ0n) is 17.0. The first-order valence-corrected chi connectivity index (χ1v) is 11.1. The third kappa shape index (κ3) is 14.5. The first-order valence-electron chi connectivity index (χ1n) is 9.64. The largest absolute Gasteiger partial charge is 0.378 e. The summed E-state index contributed by atoms with van der Waals surface area (Å²) in [5.74, 6) is 0. The Morgan fingerprint density at radius 1 is 0.655 bits per heavy atom. The van der Waals surface area contributed by atoms with Gasteiger partial charge in [-0.1, -0.05) is 18.2 Å². The Labute approximate surface area is 173 Å². The van der Waals surface area contributed by atoms with Crippen molar-refractivity contribution < 1.29 is 36.3 Å². The monoisotopic (exact) mass is 435 g/mol. The molecule has 10 heteroatoms. The van der Waals surface area contributed by atoms with E-state index in [1.807, 2.05) is 7.05 Å². The molecule has 0 saturated carbocycles. The van der Waals surface area contributed by atoms with Crippen molar-refractivity contribution in [3.05, 3.63) is 30.3 Å². The van der Waals surface area contributed by atoms with Crippen molar-refractivity contribution in [2.75, 3.05) is 86.3 Å². The normalized spacial score (nSPS) is 11.8. The molecule has 0 amide bonds. The molecule has 1 rings (SSSR count). The van der Waals surface area contributed by atoms with Crippen molar-refractivity contribution in [3.63, 3.8) is 0 Å². The maximum absolute atomic E-state index is 11.9. The second-order valence-electron chi connectivity index (χ2n) is 5.75. The van der Waals surface area contributed by atoms with Gasteiger partial charge in [-0.25, -0.2) is 0 Å². The Kier molecular flexibility index (Phi) is 15.8. The number of nitrogens with one attached hydrogen (secondary N) is 1. The number of rotatable bonds is 20. The first kappa shape index (κ1) is 25.9. The summed E-state index contributed by atoms with van der Waals surface area (Å²) in [6.07, 6.45) is 0. The molecule has 0 aliphatic heterocycles. The average molecular weight is 436 g/mol. The van der Waals surface area contributed by atoms with Crippen LogP contribution < -0.4 is 5.32 Å². The van der Waals surface area contributed by atoms with Crippen LogP contribution in [0.2, 0.25) is 0 Å². The summed E-state index contributed by atoms with van der Waals surface area (Å²) in [5, 5.41) is 3.00. The fourth-order valence-electron chi connectivity index (χ4n) is 2.01. The predicted molar refractivity (Wildman–Crippen MR) is 108 cm³/mol. The van der Waals surface area contributed by atoms with E-state index in [9.17, 15) is 8.42 Å². The molecule has 0 bridgehead atoms. The van der Waals surface area contributed by atoms with Gasteiger partial charge in [-0.2, -0.15) is 8.42 Å². The highest BCUT2D eigenvalue weighted by Gasteiger charge is 2.13. The molecule has 0 unspecified atom stereocenters. The molecule has 9 nitrogen and oxygen atoms in total. The first-order chi connectivity index (χ1) is 14.2. The van der Waals surface area contributed by atoms with Gasteiger partial charge in [0.05, 0.1) is 77.6 Å². The highest BCUT2D eigenvalue weighted by atomic mass is 32.2. The van der Waals surface area contributed by atoms with Gasteiger partial charge in [0, 0.05) is 6.54 Å². The number of benzene rings is 1. The number of likely N-dealkylation sites (N-methyl/N-ethyl adjacent to an activating group) is 1. The second kappa shape index (κ2) is 17.7. The van der Waals surface area contributed by atoms with Crippen molar-refractivity contribution in [3.8, 4) is 0 Å². The van der Waals surface area contributed by atoms with Crippen molar-refractivity contribution in [2.24, 2.45) is 0 Å². The van der Waals surface area contributed by atoms with Crippen LogP contribution in [0.25, 0.3) is 0 Å². The summed E-state index contributed by atoms with van der Waals surface area (Å²) in [6.45, 7) is 5.47. The minimum Gasteiger partial charge on any atom is -0.378 e. The molecule has 0 spiro atoms. The van der Waals surface area contributed by atoms with Gasteiger partial charge in [-0.15, -0.1) is 0 Å². The highest BCUT2D eigenvalue weighted by Crippen LogP contribution is 2.10. The molecular formula is C19H33NO8S. The summed E-state index contributed by atoms with van der Waals surface area (Å²) in [5.41, 5.74) is 0. The van der Waals surface area contributed by atoms with Gasteiger partial charge in [0.2, 0.25) is 0 Å². The van der Waals surface area contributed by atoms with Crippen LogP contribution in [-0.4, -0.2) is 94.7 Å². The van der Waals surface area contributed by atoms with Gasteiger partial charge in [0.1, 0.15) is 0 Å². The van der Waals surface area contributed by atoms with E-state index in [-0.39, 0.29) is 18.1 Å². The van der Waals surface area contributed by atoms with Crippen LogP contribution in [0.3, 0.4) is 0 Å². The third-order valence-electron chi connectivity index (χ3n) is 3.48. The van der Waals surface area contributed by atoms with E-state index in [2.05, 4.69) is 5.32 Å². The van der Waals surface area contributed by atoms with Crippen LogP contribution in [0, 0.1) is 0 Å². The predicted octanol–water partition coefficient (Wildman–Crippen LogP) is 0.694. The topological polar surface area (TPSA) is 102 Å². The average Bonchev–Trinajstić information content (AvgIpc) is 2.73. The van der Waals surface area contributed by atoms with Gasteiger partial charge < -0.3 is 29.0 Å². The van der Waals surface area contributed by atoms with Gasteiger partial charge >= 0.3 is 0 Å². The number of ether oxygens (including phenoxy) is 5. The maximum atomic E-state index is 11.9. The molecule has 0 atom stereocenters. The van der Waals surface area contributed by atoms with E-state index in [1.54, 1.807) is 18.2 Å². The lowest BCUT2D eigenvalue weighted by Gasteiger charge is -2.08. The van der Waals surface area contributed by atoms with Crippen molar-refractivity contribution in [1.82, 2.24) is 5.32 Å². The molecule has 0 radical (unpaired) electrons. The van der Waals surface area contributed by atoms with Gasteiger partial charge in [-0.05, 0) is 19.2 Å². The molecule has 1 aromatic rings. The Morgan fingerprint density at radius 3 is 1.52 bits per heavy atom. The lowest BCUT2D eigenvalue weighted by molar-refractivity contribution is -0.0123. The van der Waals surface area contributed by atoms with E-state index in [4.69, 9.17) is 27.9 Å². The Bertz CT molecular complexity index is 585. The third-order valence-corrected chi connectivity index (χ3v) is 4.81. The van der Waals surface area contributed by atoms with Crippen LogP contribution in [-0.2, 0) is 38.0 Å². The van der Waals surface area contributed by atoms with Crippen LogP contribution in [0.15, 0.2) is 35.2 Å². The number of hydrogen-bond acceptors (Lipinski definition) is 9. The molecule has 0 aliphatic rings. The van der Waals surface area contributed by atoms with E-state index >= 15 is 0 Å². The Hall–Kier alpha value is -1.11. The molecule has 0 heterocycles. The highest BCUT2D eigenvalue weighted by molar-refractivity contribution is 7.86. The van der Waals surface area contributed by atoms with Crippen molar-refractivity contribution in [2.45, 2.75) is 4.90 Å². The van der Waals surface area contributed by atoms with Crippen LogP contribution in [0.5, 0.6) is 0 Å². The molecule has 1 aromatic carbocycles. The lowest BCUT2D eigenvalue weighted by Crippen LogP contribution is -2.17. The maximum Gasteiger partial charge on any atom is 0.297 e. The quantitative estimate of drug-likeness (QED) is 0.234. The molecule has 168 valence electrons. The Balaban J connectivity index is 1.80. The minimum atomic E-state index is -3.73. The standard InChI is InChI=1S/C19H33NO8S/c1-20-7-8-23-9-10-24-11-12-25-13-14-26-15-16-27-17-18-28-29(21,22)19-5-3-2-4-6-19/h2-6,20H,7-18H2,1H3. The molecule has 0 fully saturated rings. The second-order valence-corrected chi connectivity index (χ2v) is 7.37. The van der Waals surface area contributed by atoms with E-state index in [0.717, 1.165) is 6.54 Å². The van der Waals surface area contributed by atoms with E-state index in [1.165, 1.54) is 12.1 Å². The van der Waals surface area contributed by atoms with E-state index in [0.29, 0.717) is 59.5 Å². The minimum absolute atomic E-state index is 0.0408. The summed E-state index contributed by atoms with van der Waals surface area (Å²) < 4.78 is 55.3. The van der Waals surface area contributed by atoms with Crippen molar-refractivity contribution in [1.29, 1.82) is 0 Å². The summed E-state index contributed by atoms with van der Waals surface area (Å²) in [4.78, 5) is 0.131. The number of hydrogen-bond donors (Lipinski definition) is 1. The smallest absolute Gasteiger partial charge is 0.297 e. The molecule has 0 saturated heterocycles. The van der Waals surface area contributed by atoms with Gasteiger partial charge in [0.25, 0.3) is 10.1 Å². The van der Waals surface area contributed by atoms with Gasteiger partial charge in [-0.3, -0.25) is 4.18 Å². The van der Waals surface area contributed by atoms with Crippen molar-refractivity contribution >= 4 is 10.1 Å². The van der Waals surface area contributed by atoms with Gasteiger partial charge in [0.15, 0.2) is 0 Å². The fraction of sp³-hybridized carbons (Fsp3) is 0.684. The van der Waals surface area contributed by atoms with Crippen LogP contribution >= 0.6 is 0 Å². The summed E-state index contributed by atoms with van der Waals surface area (Å²) in [7, 11) is -1.85. The molecule has 0 aromatic heterocycles.